The summed E-state index contributed by atoms with van der Waals surface area (Å²) in [6.07, 6.45) is 0. The van der Waals surface area contributed by atoms with Gasteiger partial charge in [0, 0.05) is 23.2 Å². The Balaban J connectivity index is 1.69. The standard InChI is InChI=1S/C17H18ClNO2/c1-12(13-5-7-15(18)8-6-13)19-11-14-3-2-4-16-17(14)21-10-9-20-16/h2-8,12,19H,9-11H2,1H3. The summed E-state index contributed by atoms with van der Waals surface area (Å²) in [5, 5.41) is 4.26. The van der Waals surface area contributed by atoms with Crippen molar-refractivity contribution < 1.29 is 9.47 Å². The minimum absolute atomic E-state index is 0.239. The number of benzene rings is 2. The molecular weight excluding hydrogens is 286 g/mol. The van der Waals surface area contributed by atoms with Crippen LogP contribution in [0.5, 0.6) is 11.5 Å². The van der Waals surface area contributed by atoms with Gasteiger partial charge in [-0.3, -0.25) is 0 Å². The number of para-hydroxylation sites is 1. The van der Waals surface area contributed by atoms with E-state index < -0.39 is 0 Å². The van der Waals surface area contributed by atoms with Gasteiger partial charge in [-0.1, -0.05) is 35.9 Å². The molecule has 0 aliphatic carbocycles. The van der Waals surface area contributed by atoms with Crippen molar-refractivity contribution in [2.75, 3.05) is 13.2 Å². The Morgan fingerprint density at radius 1 is 1.10 bits per heavy atom. The van der Waals surface area contributed by atoms with E-state index >= 15 is 0 Å². The molecule has 4 heteroatoms. The van der Waals surface area contributed by atoms with Crippen LogP contribution in [-0.4, -0.2) is 13.2 Å². The summed E-state index contributed by atoms with van der Waals surface area (Å²) in [5.41, 5.74) is 2.33. The molecule has 1 aliphatic rings. The van der Waals surface area contributed by atoms with E-state index in [4.69, 9.17) is 21.1 Å². The number of ether oxygens (including phenoxy) is 2. The predicted molar refractivity (Wildman–Crippen MR) is 84.1 cm³/mol. The topological polar surface area (TPSA) is 30.5 Å². The van der Waals surface area contributed by atoms with Gasteiger partial charge in [0.25, 0.3) is 0 Å². The van der Waals surface area contributed by atoms with Crippen molar-refractivity contribution in [1.82, 2.24) is 5.32 Å². The first-order valence-corrected chi connectivity index (χ1v) is 7.48. The van der Waals surface area contributed by atoms with Crippen LogP contribution in [-0.2, 0) is 6.54 Å². The third-order valence-corrected chi connectivity index (χ3v) is 3.87. The number of halogens is 1. The molecule has 1 unspecified atom stereocenters. The summed E-state index contributed by atoms with van der Waals surface area (Å²) < 4.78 is 11.3. The van der Waals surface area contributed by atoms with E-state index in [0.29, 0.717) is 13.2 Å². The molecule has 3 nitrogen and oxygen atoms in total. The van der Waals surface area contributed by atoms with Crippen LogP contribution < -0.4 is 14.8 Å². The monoisotopic (exact) mass is 303 g/mol. The molecule has 1 heterocycles. The molecule has 0 radical (unpaired) electrons. The zero-order valence-corrected chi connectivity index (χ0v) is 12.7. The maximum absolute atomic E-state index is 5.92. The number of nitrogens with one attached hydrogen (secondary N) is 1. The van der Waals surface area contributed by atoms with Gasteiger partial charge in [-0.2, -0.15) is 0 Å². The van der Waals surface area contributed by atoms with Crippen molar-refractivity contribution in [3.05, 3.63) is 58.6 Å². The number of fused-ring (bicyclic) bond motifs is 1. The molecule has 1 aliphatic heterocycles. The second kappa shape index (κ2) is 6.37. The van der Waals surface area contributed by atoms with Crippen LogP contribution in [0.3, 0.4) is 0 Å². The maximum atomic E-state index is 5.92. The molecule has 0 amide bonds. The van der Waals surface area contributed by atoms with Crippen molar-refractivity contribution in [2.24, 2.45) is 0 Å². The molecule has 110 valence electrons. The molecule has 2 aromatic carbocycles. The van der Waals surface area contributed by atoms with E-state index in [9.17, 15) is 0 Å². The molecule has 0 bridgehead atoms. The highest BCUT2D eigenvalue weighted by Gasteiger charge is 2.16. The van der Waals surface area contributed by atoms with Crippen molar-refractivity contribution >= 4 is 11.6 Å². The van der Waals surface area contributed by atoms with Crippen LogP contribution in [0.4, 0.5) is 0 Å². The Kier molecular flexibility index (Phi) is 4.32. The predicted octanol–water partition coefficient (Wildman–Crippen LogP) is 3.96. The fourth-order valence-corrected chi connectivity index (χ4v) is 2.53. The van der Waals surface area contributed by atoms with Crippen LogP contribution >= 0.6 is 11.6 Å². The SMILES string of the molecule is CC(NCc1cccc2c1OCCO2)c1ccc(Cl)cc1. The van der Waals surface area contributed by atoms with Gasteiger partial charge in [0.15, 0.2) is 11.5 Å². The van der Waals surface area contributed by atoms with Crippen LogP contribution in [0.1, 0.15) is 24.1 Å². The quantitative estimate of drug-likeness (QED) is 0.927. The fraction of sp³-hybridized carbons (Fsp3) is 0.294. The summed E-state index contributed by atoms with van der Waals surface area (Å²) in [7, 11) is 0. The van der Waals surface area contributed by atoms with Crippen LogP contribution in [0, 0.1) is 0 Å². The summed E-state index contributed by atoms with van der Waals surface area (Å²) >= 11 is 5.92. The number of hydrogen-bond donors (Lipinski definition) is 1. The number of rotatable bonds is 4. The summed E-state index contributed by atoms with van der Waals surface area (Å²) in [4.78, 5) is 0. The van der Waals surface area contributed by atoms with Crippen LogP contribution in [0.25, 0.3) is 0 Å². The molecule has 21 heavy (non-hydrogen) atoms. The first-order valence-electron chi connectivity index (χ1n) is 7.10. The first-order chi connectivity index (χ1) is 10.2. The Labute approximate surface area is 129 Å². The van der Waals surface area contributed by atoms with Gasteiger partial charge in [-0.05, 0) is 30.7 Å². The lowest BCUT2D eigenvalue weighted by Gasteiger charge is -2.22. The van der Waals surface area contributed by atoms with Crippen molar-refractivity contribution in [3.8, 4) is 11.5 Å². The molecule has 0 spiro atoms. The van der Waals surface area contributed by atoms with E-state index in [1.165, 1.54) is 5.56 Å². The smallest absolute Gasteiger partial charge is 0.165 e. The lowest BCUT2D eigenvalue weighted by Crippen LogP contribution is -2.21. The molecule has 3 rings (SSSR count). The lowest BCUT2D eigenvalue weighted by molar-refractivity contribution is 0.169. The van der Waals surface area contributed by atoms with E-state index in [-0.39, 0.29) is 6.04 Å². The molecule has 2 aromatic rings. The maximum Gasteiger partial charge on any atom is 0.165 e. The lowest BCUT2D eigenvalue weighted by atomic mass is 10.1. The zero-order chi connectivity index (χ0) is 14.7. The van der Waals surface area contributed by atoms with Crippen LogP contribution in [0.2, 0.25) is 5.02 Å². The minimum atomic E-state index is 0.239. The second-order valence-corrected chi connectivity index (χ2v) is 5.53. The van der Waals surface area contributed by atoms with Gasteiger partial charge >= 0.3 is 0 Å². The van der Waals surface area contributed by atoms with E-state index in [1.807, 2.05) is 36.4 Å². The average Bonchev–Trinajstić information content (AvgIpc) is 2.53. The van der Waals surface area contributed by atoms with Gasteiger partial charge in [0.2, 0.25) is 0 Å². The Bertz CT molecular complexity index is 613. The molecule has 0 saturated carbocycles. The third kappa shape index (κ3) is 3.31. The zero-order valence-electron chi connectivity index (χ0n) is 11.9. The summed E-state index contributed by atoms with van der Waals surface area (Å²) in [6.45, 7) is 4.09. The molecular formula is C17H18ClNO2. The van der Waals surface area contributed by atoms with Crippen LogP contribution in [0.15, 0.2) is 42.5 Å². The third-order valence-electron chi connectivity index (χ3n) is 3.62. The minimum Gasteiger partial charge on any atom is -0.486 e. The second-order valence-electron chi connectivity index (χ2n) is 5.10. The van der Waals surface area contributed by atoms with E-state index in [2.05, 4.69) is 18.3 Å². The highest BCUT2D eigenvalue weighted by atomic mass is 35.5. The Morgan fingerprint density at radius 3 is 2.67 bits per heavy atom. The van der Waals surface area contributed by atoms with Crippen molar-refractivity contribution in [2.45, 2.75) is 19.5 Å². The largest absolute Gasteiger partial charge is 0.486 e. The Morgan fingerprint density at radius 2 is 1.86 bits per heavy atom. The van der Waals surface area contributed by atoms with Gasteiger partial charge in [0.1, 0.15) is 13.2 Å². The normalized spacial score (nSPS) is 14.8. The van der Waals surface area contributed by atoms with Gasteiger partial charge in [-0.25, -0.2) is 0 Å². The molecule has 0 saturated heterocycles. The average molecular weight is 304 g/mol. The van der Waals surface area contributed by atoms with Gasteiger partial charge < -0.3 is 14.8 Å². The van der Waals surface area contributed by atoms with E-state index in [0.717, 1.165) is 28.6 Å². The van der Waals surface area contributed by atoms with E-state index in [1.54, 1.807) is 0 Å². The summed E-state index contributed by atoms with van der Waals surface area (Å²) in [5.74, 6) is 1.69. The highest BCUT2D eigenvalue weighted by molar-refractivity contribution is 6.30. The Hall–Kier alpha value is -1.71. The molecule has 0 fully saturated rings. The molecule has 0 aromatic heterocycles. The fourth-order valence-electron chi connectivity index (χ4n) is 2.41. The van der Waals surface area contributed by atoms with Crippen molar-refractivity contribution in [1.29, 1.82) is 0 Å². The summed E-state index contributed by atoms with van der Waals surface area (Å²) in [6, 6.07) is 14.2. The highest BCUT2D eigenvalue weighted by Crippen LogP contribution is 2.33. The van der Waals surface area contributed by atoms with Gasteiger partial charge in [-0.15, -0.1) is 0 Å². The first kappa shape index (κ1) is 14.2. The number of hydrogen-bond acceptors (Lipinski definition) is 3. The molecule has 1 N–H and O–H groups in total. The van der Waals surface area contributed by atoms with Gasteiger partial charge in [0.05, 0.1) is 0 Å². The molecule has 1 atom stereocenters. The van der Waals surface area contributed by atoms with Crippen molar-refractivity contribution in [3.63, 3.8) is 0 Å².